The molecule has 116 valence electrons. The number of aryl methyl sites for hydroxylation is 1. The van der Waals surface area contributed by atoms with Crippen molar-refractivity contribution in [2.24, 2.45) is 0 Å². The Morgan fingerprint density at radius 3 is 3.00 bits per heavy atom. The quantitative estimate of drug-likeness (QED) is 0.851. The van der Waals surface area contributed by atoms with Crippen LogP contribution in [0.3, 0.4) is 0 Å². The summed E-state index contributed by atoms with van der Waals surface area (Å²) in [6.07, 6.45) is 6.34. The molecule has 2 saturated heterocycles. The maximum atomic E-state index is 12.6. The van der Waals surface area contributed by atoms with Crippen molar-refractivity contribution in [3.05, 3.63) is 11.7 Å². The van der Waals surface area contributed by atoms with Crippen LogP contribution in [0.15, 0.2) is 4.52 Å². The molecule has 0 radical (unpaired) electrons. The number of likely N-dealkylation sites (tertiary alicyclic amines) is 1. The molecule has 2 aliphatic heterocycles. The summed E-state index contributed by atoms with van der Waals surface area (Å²) in [5.74, 6) is 1.42. The highest BCUT2D eigenvalue weighted by Gasteiger charge is 2.36. The highest BCUT2D eigenvalue weighted by molar-refractivity contribution is 5.81. The summed E-state index contributed by atoms with van der Waals surface area (Å²) in [5, 5.41) is 4.02. The third-order valence-corrected chi connectivity index (χ3v) is 4.23. The number of aromatic nitrogens is 2. The molecule has 1 aromatic heterocycles. The number of piperidine rings is 1. The van der Waals surface area contributed by atoms with Gasteiger partial charge in [-0.2, -0.15) is 4.98 Å². The van der Waals surface area contributed by atoms with Crippen molar-refractivity contribution in [3.63, 3.8) is 0 Å². The summed E-state index contributed by atoms with van der Waals surface area (Å²) in [6, 6.07) is -0.0754. The smallest absolute Gasteiger partial charge is 0.252 e. The van der Waals surface area contributed by atoms with Gasteiger partial charge in [-0.1, -0.05) is 12.1 Å². The minimum absolute atomic E-state index is 0.0754. The van der Waals surface area contributed by atoms with Gasteiger partial charge in [-0.25, -0.2) is 0 Å². The van der Waals surface area contributed by atoms with E-state index in [1.54, 1.807) is 0 Å². The Hall–Kier alpha value is -1.43. The summed E-state index contributed by atoms with van der Waals surface area (Å²) in [6.45, 7) is 3.54. The number of ether oxygens (including phenoxy) is 1. The van der Waals surface area contributed by atoms with E-state index in [1.807, 2.05) is 4.90 Å². The van der Waals surface area contributed by atoms with Crippen molar-refractivity contribution in [1.82, 2.24) is 15.0 Å². The fourth-order valence-electron chi connectivity index (χ4n) is 3.14. The topological polar surface area (TPSA) is 68.5 Å². The molecule has 6 heteroatoms. The molecule has 1 amide bonds. The first-order valence-corrected chi connectivity index (χ1v) is 8.04. The lowest BCUT2D eigenvalue weighted by Gasteiger charge is -2.34. The molecule has 21 heavy (non-hydrogen) atoms. The van der Waals surface area contributed by atoms with Crippen LogP contribution in [0.25, 0.3) is 0 Å². The molecular weight excluding hydrogens is 270 g/mol. The van der Waals surface area contributed by atoms with Crippen molar-refractivity contribution in [2.45, 2.75) is 64.0 Å². The summed E-state index contributed by atoms with van der Waals surface area (Å²) in [4.78, 5) is 19.0. The molecule has 3 heterocycles. The van der Waals surface area contributed by atoms with Crippen molar-refractivity contribution in [2.75, 3.05) is 13.2 Å². The molecule has 6 nitrogen and oxygen atoms in total. The van der Waals surface area contributed by atoms with E-state index < -0.39 is 0 Å². The molecule has 2 atom stereocenters. The van der Waals surface area contributed by atoms with E-state index in [0.717, 1.165) is 57.3 Å². The molecule has 2 aliphatic rings. The first-order chi connectivity index (χ1) is 10.3. The van der Waals surface area contributed by atoms with E-state index in [9.17, 15) is 4.79 Å². The second kappa shape index (κ2) is 6.56. The second-order valence-corrected chi connectivity index (χ2v) is 5.84. The number of carbonyl (C=O) groups is 1. The number of carbonyl (C=O) groups excluding carboxylic acids is 1. The molecule has 0 aliphatic carbocycles. The fraction of sp³-hybridized carbons (Fsp3) is 0.800. The highest BCUT2D eigenvalue weighted by atomic mass is 16.5. The van der Waals surface area contributed by atoms with Crippen molar-refractivity contribution in [3.8, 4) is 0 Å². The van der Waals surface area contributed by atoms with Gasteiger partial charge >= 0.3 is 0 Å². The standard InChI is InChI=1S/C15H23N3O3/c1-2-6-13-16-14(21-17-13)11-7-3-4-9-18(11)15(19)12-8-5-10-20-12/h11-12H,2-10H2,1H3/t11-,12+/m0/s1. The van der Waals surface area contributed by atoms with Crippen molar-refractivity contribution < 1.29 is 14.1 Å². The summed E-state index contributed by atoms with van der Waals surface area (Å²) in [7, 11) is 0. The first kappa shape index (κ1) is 14.5. The first-order valence-electron chi connectivity index (χ1n) is 8.04. The Balaban J connectivity index is 1.75. The van der Waals surface area contributed by atoms with Crippen LogP contribution < -0.4 is 0 Å². The molecule has 0 saturated carbocycles. The molecular formula is C15H23N3O3. The van der Waals surface area contributed by atoms with Crippen LogP contribution >= 0.6 is 0 Å². The zero-order valence-electron chi connectivity index (χ0n) is 12.6. The van der Waals surface area contributed by atoms with Crippen LogP contribution in [0.2, 0.25) is 0 Å². The van der Waals surface area contributed by atoms with E-state index in [2.05, 4.69) is 17.1 Å². The van der Waals surface area contributed by atoms with Gasteiger partial charge in [0.15, 0.2) is 5.82 Å². The number of amides is 1. The predicted molar refractivity (Wildman–Crippen MR) is 75.6 cm³/mol. The zero-order valence-corrected chi connectivity index (χ0v) is 12.6. The Morgan fingerprint density at radius 2 is 2.24 bits per heavy atom. The monoisotopic (exact) mass is 293 g/mol. The van der Waals surface area contributed by atoms with Gasteiger partial charge in [0, 0.05) is 19.6 Å². The maximum Gasteiger partial charge on any atom is 0.252 e. The Kier molecular flexibility index (Phi) is 4.53. The summed E-state index contributed by atoms with van der Waals surface area (Å²) in [5.41, 5.74) is 0. The molecule has 2 fully saturated rings. The number of rotatable bonds is 4. The maximum absolute atomic E-state index is 12.6. The van der Waals surface area contributed by atoms with Gasteiger partial charge in [-0.15, -0.1) is 0 Å². The summed E-state index contributed by atoms with van der Waals surface area (Å²) >= 11 is 0. The Bertz CT molecular complexity index is 482. The average Bonchev–Trinajstić information content (AvgIpc) is 3.18. The highest BCUT2D eigenvalue weighted by Crippen LogP contribution is 2.31. The van der Waals surface area contributed by atoms with Crippen LogP contribution in [0, 0.1) is 0 Å². The number of hydrogen-bond acceptors (Lipinski definition) is 5. The van der Waals surface area contributed by atoms with E-state index in [0.29, 0.717) is 12.5 Å². The largest absolute Gasteiger partial charge is 0.368 e. The minimum atomic E-state index is -0.274. The van der Waals surface area contributed by atoms with Crippen molar-refractivity contribution in [1.29, 1.82) is 0 Å². The van der Waals surface area contributed by atoms with Crippen LogP contribution in [-0.2, 0) is 16.0 Å². The van der Waals surface area contributed by atoms with E-state index in [-0.39, 0.29) is 18.1 Å². The Morgan fingerprint density at radius 1 is 1.33 bits per heavy atom. The normalized spacial score (nSPS) is 26.2. The van der Waals surface area contributed by atoms with Crippen LogP contribution in [0.5, 0.6) is 0 Å². The van der Waals surface area contributed by atoms with E-state index >= 15 is 0 Å². The van der Waals surface area contributed by atoms with Crippen LogP contribution in [-0.4, -0.2) is 40.2 Å². The molecule has 0 spiro atoms. The second-order valence-electron chi connectivity index (χ2n) is 5.84. The molecule has 0 bridgehead atoms. The van der Waals surface area contributed by atoms with Gasteiger partial charge in [0.25, 0.3) is 5.91 Å². The van der Waals surface area contributed by atoms with Gasteiger partial charge in [0.05, 0.1) is 0 Å². The fourth-order valence-corrected chi connectivity index (χ4v) is 3.14. The van der Waals surface area contributed by atoms with Crippen LogP contribution in [0.4, 0.5) is 0 Å². The summed E-state index contributed by atoms with van der Waals surface area (Å²) < 4.78 is 10.9. The Labute approximate surface area is 124 Å². The average molecular weight is 293 g/mol. The lowest BCUT2D eigenvalue weighted by atomic mass is 10.0. The SMILES string of the molecule is CCCc1noc([C@@H]2CCCCN2C(=O)[C@H]2CCCO2)n1. The van der Waals surface area contributed by atoms with Crippen molar-refractivity contribution >= 4 is 5.91 Å². The molecule has 0 unspecified atom stereocenters. The van der Waals surface area contributed by atoms with E-state index in [1.165, 1.54) is 0 Å². The molecule has 1 aromatic rings. The molecule has 3 rings (SSSR count). The zero-order chi connectivity index (χ0) is 14.7. The predicted octanol–water partition coefficient (Wildman–Crippen LogP) is 2.25. The van der Waals surface area contributed by atoms with Gasteiger partial charge in [-0.3, -0.25) is 4.79 Å². The van der Waals surface area contributed by atoms with Gasteiger partial charge in [0.1, 0.15) is 12.1 Å². The molecule has 0 aromatic carbocycles. The van der Waals surface area contributed by atoms with Gasteiger partial charge in [-0.05, 0) is 38.5 Å². The van der Waals surface area contributed by atoms with E-state index in [4.69, 9.17) is 9.26 Å². The minimum Gasteiger partial charge on any atom is -0.368 e. The van der Waals surface area contributed by atoms with Gasteiger partial charge in [0.2, 0.25) is 5.89 Å². The third-order valence-electron chi connectivity index (χ3n) is 4.23. The van der Waals surface area contributed by atoms with Gasteiger partial charge < -0.3 is 14.2 Å². The third kappa shape index (κ3) is 3.10. The lowest BCUT2D eigenvalue weighted by Crippen LogP contribution is -2.44. The number of hydrogen-bond donors (Lipinski definition) is 0. The van der Waals surface area contributed by atoms with Crippen LogP contribution in [0.1, 0.15) is 63.2 Å². The number of nitrogens with zero attached hydrogens (tertiary/aromatic N) is 3. The lowest BCUT2D eigenvalue weighted by molar-refractivity contribution is -0.145. The molecule has 0 N–H and O–H groups in total.